The number of nitrogens with one attached hydrogen (secondary N) is 3. The fourth-order valence-electron chi connectivity index (χ4n) is 3.25. The molecule has 0 rings (SSSR count). The highest BCUT2D eigenvalue weighted by atomic mass is 28.4. The van der Waals surface area contributed by atoms with E-state index in [2.05, 4.69) is 14.9 Å². The first-order chi connectivity index (χ1) is 17.4. The third kappa shape index (κ3) is 5.84. The molecule has 0 aromatic rings. The number of halogens is 19. The summed E-state index contributed by atoms with van der Waals surface area (Å²) in [4.78, 5) is 7.55. The average molecular weight is 657 g/mol. The van der Waals surface area contributed by atoms with Crippen molar-refractivity contribution in [2.75, 3.05) is 19.6 Å². The molecule has 0 heterocycles. The minimum absolute atomic E-state index is 0.0967. The first-order valence-electron chi connectivity index (χ1n) is 10.7. The van der Waals surface area contributed by atoms with Gasteiger partial charge in [-0.25, -0.2) is 0 Å². The SMILES string of the molecule is CCN[Si](CCC(F)(F)C(F)(F)C(F)(F)C(F)(F)C(F)(F)C(F)(F)C(F)(F)C(F)(F)C(F)(F)F)(NCC)NCC. The molecule has 0 aliphatic rings. The van der Waals surface area contributed by atoms with Gasteiger partial charge in [0.1, 0.15) is 0 Å². The van der Waals surface area contributed by atoms with Gasteiger partial charge in [0.15, 0.2) is 0 Å². The minimum atomic E-state index is -8.91. The second kappa shape index (κ2) is 11.5. The summed E-state index contributed by atoms with van der Waals surface area (Å²) in [6, 6.07) is -1.31. The van der Waals surface area contributed by atoms with Crippen molar-refractivity contribution in [2.24, 2.45) is 0 Å². The van der Waals surface area contributed by atoms with Gasteiger partial charge in [-0.05, 0) is 25.7 Å². The zero-order valence-corrected chi connectivity index (χ0v) is 21.2. The maximum absolute atomic E-state index is 14.3. The summed E-state index contributed by atoms with van der Waals surface area (Å²) in [6.07, 6.45) is -10.5. The van der Waals surface area contributed by atoms with Crippen LogP contribution in [0.2, 0.25) is 6.04 Å². The Hall–Kier alpha value is -1.23. The summed E-state index contributed by atoms with van der Waals surface area (Å²) in [6.45, 7) is 3.75. The second-order valence-corrected chi connectivity index (χ2v) is 11.6. The van der Waals surface area contributed by atoms with E-state index >= 15 is 0 Å². The standard InChI is InChI=1S/C17H22F19N3Si/c1-4-37-40(38-5-2,39-6-3)8-7-9(18,19)10(20,21)11(22,23)12(24,25)13(26,27)14(28,29)15(30,31)16(32,33)17(34,35)36/h37-39H,4-8H2,1-3H3. The van der Waals surface area contributed by atoms with Gasteiger partial charge in [0.05, 0.1) is 0 Å². The fourth-order valence-corrected chi connectivity index (χ4v) is 6.66. The molecule has 3 N–H and O–H groups in total. The normalized spacial score (nSPS) is 16.1. The van der Waals surface area contributed by atoms with Crippen molar-refractivity contribution < 1.29 is 83.4 Å². The van der Waals surface area contributed by atoms with Crippen LogP contribution in [0.3, 0.4) is 0 Å². The molecule has 0 spiro atoms. The molecular formula is C17H22F19N3Si. The van der Waals surface area contributed by atoms with Crippen LogP contribution in [0, 0.1) is 0 Å². The summed E-state index contributed by atoms with van der Waals surface area (Å²) >= 11 is 0. The third-order valence-corrected chi connectivity index (χ3v) is 9.30. The van der Waals surface area contributed by atoms with Gasteiger partial charge in [0.25, 0.3) is 8.56 Å². The lowest BCUT2D eigenvalue weighted by Gasteiger charge is -2.44. The Balaban J connectivity index is 6.76. The Morgan fingerprint density at radius 2 is 0.650 bits per heavy atom. The number of hydrogen-bond acceptors (Lipinski definition) is 3. The van der Waals surface area contributed by atoms with Gasteiger partial charge >= 0.3 is 53.6 Å². The van der Waals surface area contributed by atoms with Crippen LogP contribution in [-0.4, -0.2) is 81.7 Å². The lowest BCUT2D eigenvalue weighted by Crippen LogP contribution is -2.76. The van der Waals surface area contributed by atoms with Crippen molar-refractivity contribution in [3.05, 3.63) is 0 Å². The van der Waals surface area contributed by atoms with Crippen molar-refractivity contribution in [1.29, 1.82) is 0 Å². The van der Waals surface area contributed by atoms with Gasteiger partial charge < -0.3 is 14.9 Å². The summed E-state index contributed by atoms with van der Waals surface area (Å²) in [5.41, 5.74) is 0. The van der Waals surface area contributed by atoms with Gasteiger partial charge in [0, 0.05) is 6.42 Å². The van der Waals surface area contributed by atoms with Crippen molar-refractivity contribution in [3.63, 3.8) is 0 Å². The van der Waals surface area contributed by atoms with Crippen molar-refractivity contribution in [3.8, 4) is 0 Å². The number of hydrogen-bond donors (Lipinski definition) is 3. The van der Waals surface area contributed by atoms with E-state index in [0.29, 0.717) is 0 Å². The lowest BCUT2D eigenvalue weighted by molar-refractivity contribution is -0.468. The van der Waals surface area contributed by atoms with Crippen LogP contribution in [-0.2, 0) is 0 Å². The van der Waals surface area contributed by atoms with Crippen LogP contribution in [0.15, 0.2) is 0 Å². The van der Waals surface area contributed by atoms with Crippen LogP contribution in [0.25, 0.3) is 0 Å². The average Bonchev–Trinajstić information content (AvgIpc) is 2.76. The van der Waals surface area contributed by atoms with Gasteiger partial charge in [-0.3, -0.25) is 0 Å². The Morgan fingerprint density at radius 1 is 0.400 bits per heavy atom. The monoisotopic (exact) mass is 657 g/mol. The molecule has 242 valence electrons. The molecule has 0 bridgehead atoms. The smallest absolute Gasteiger partial charge is 0.314 e. The minimum Gasteiger partial charge on any atom is -0.314 e. The molecule has 3 nitrogen and oxygen atoms in total. The molecule has 40 heavy (non-hydrogen) atoms. The van der Waals surface area contributed by atoms with E-state index in [1.165, 1.54) is 20.8 Å². The van der Waals surface area contributed by atoms with Gasteiger partial charge in [-0.2, -0.15) is 83.4 Å². The van der Waals surface area contributed by atoms with Crippen molar-refractivity contribution in [1.82, 2.24) is 14.9 Å². The Kier molecular flexibility index (Phi) is 11.1. The van der Waals surface area contributed by atoms with E-state index < -0.39 is 74.6 Å². The Bertz CT molecular complexity index is 825. The molecule has 0 unspecified atom stereocenters. The van der Waals surface area contributed by atoms with E-state index in [4.69, 9.17) is 0 Å². The molecule has 0 radical (unpaired) electrons. The first kappa shape index (κ1) is 38.8. The van der Waals surface area contributed by atoms with Crippen LogP contribution in [0.4, 0.5) is 83.4 Å². The van der Waals surface area contributed by atoms with E-state index in [9.17, 15) is 83.4 Å². The van der Waals surface area contributed by atoms with E-state index in [1.807, 2.05) is 0 Å². The molecule has 23 heteroatoms. The number of alkyl halides is 19. The van der Waals surface area contributed by atoms with E-state index in [-0.39, 0.29) is 19.6 Å². The highest BCUT2D eigenvalue weighted by Gasteiger charge is 2.96. The molecule has 0 aromatic heterocycles. The van der Waals surface area contributed by atoms with E-state index in [1.54, 1.807) is 0 Å². The van der Waals surface area contributed by atoms with Gasteiger partial charge in [0.2, 0.25) is 0 Å². The second-order valence-electron chi connectivity index (χ2n) is 8.22. The highest BCUT2D eigenvalue weighted by Crippen LogP contribution is 2.65. The summed E-state index contributed by atoms with van der Waals surface area (Å²) < 4.78 is 256. The lowest BCUT2D eigenvalue weighted by atomic mass is 9.87. The first-order valence-corrected chi connectivity index (χ1v) is 12.9. The summed E-state index contributed by atoms with van der Waals surface area (Å²) in [5, 5.41) is 0. The van der Waals surface area contributed by atoms with Crippen LogP contribution in [0.5, 0.6) is 0 Å². The van der Waals surface area contributed by atoms with Gasteiger partial charge in [-0.15, -0.1) is 0 Å². The molecule has 0 fully saturated rings. The predicted octanol–water partition coefficient (Wildman–Crippen LogP) is 6.79. The zero-order chi connectivity index (χ0) is 32.7. The highest BCUT2D eigenvalue weighted by molar-refractivity contribution is 6.72. The molecule has 0 amide bonds. The maximum atomic E-state index is 14.3. The van der Waals surface area contributed by atoms with Gasteiger partial charge in [-0.1, -0.05) is 20.8 Å². The van der Waals surface area contributed by atoms with Crippen LogP contribution >= 0.6 is 0 Å². The van der Waals surface area contributed by atoms with Crippen molar-refractivity contribution >= 4 is 8.56 Å². The molecule has 0 aliphatic carbocycles. The fraction of sp³-hybridized carbons (Fsp3) is 1.00. The molecule has 0 aliphatic heterocycles. The molecule has 0 aromatic carbocycles. The zero-order valence-electron chi connectivity index (χ0n) is 20.2. The molecule has 0 saturated carbocycles. The quantitative estimate of drug-likeness (QED) is 0.127. The van der Waals surface area contributed by atoms with Crippen molar-refractivity contribution in [2.45, 2.75) is 86.8 Å². The third-order valence-electron chi connectivity index (χ3n) is 5.43. The Morgan fingerprint density at radius 3 is 0.900 bits per heavy atom. The maximum Gasteiger partial charge on any atom is 0.460 e. The number of rotatable bonds is 16. The Labute approximate surface area is 214 Å². The molecular weight excluding hydrogens is 635 g/mol. The summed E-state index contributed by atoms with van der Waals surface area (Å²) in [7, 11) is -3.77. The predicted molar refractivity (Wildman–Crippen MR) is 102 cm³/mol. The van der Waals surface area contributed by atoms with E-state index in [0.717, 1.165) is 0 Å². The van der Waals surface area contributed by atoms with Crippen LogP contribution in [0.1, 0.15) is 27.2 Å². The molecule has 0 saturated heterocycles. The summed E-state index contributed by atoms with van der Waals surface area (Å²) in [5.74, 6) is -66.3. The largest absolute Gasteiger partial charge is 0.460 e. The molecule has 0 atom stereocenters. The topological polar surface area (TPSA) is 36.1 Å². The van der Waals surface area contributed by atoms with Crippen LogP contribution < -0.4 is 14.9 Å².